The summed E-state index contributed by atoms with van der Waals surface area (Å²) in [5.74, 6) is 6.74. The van der Waals surface area contributed by atoms with Gasteiger partial charge in [0.25, 0.3) is 0 Å². The molecule has 1 N–H and O–H groups in total. The van der Waals surface area contributed by atoms with Crippen LogP contribution in [0, 0.1) is 52.3 Å². The Bertz CT molecular complexity index is 800. The van der Waals surface area contributed by atoms with E-state index in [0.29, 0.717) is 16.9 Å². The van der Waals surface area contributed by atoms with Gasteiger partial charge in [0, 0.05) is 11.7 Å². The van der Waals surface area contributed by atoms with Gasteiger partial charge in [0.15, 0.2) is 0 Å². The lowest BCUT2D eigenvalue weighted by atomic mass is 9.44. The van der Waals surface area contributed by atoms with E-state index in [1.54, 1.807) is 0 Å². The second-order valence-corrected chi connectivity index (χ2v) is 14.2. The average molecular weight is 464 g/mol. The number of fused-ring (bicyclic) bond motifs is 5. The SMILES string of the molecule is CC(C)CCC[C@@H](C)[C@H]1CC[C@H]2[C@@H]3CC[C@H]4CC(Nc5ccccc5)CC[C@]4(C)[C@H]3CC[C@]12C. The molecule has 1 unspecified atom stereocenters. The van der Waals surface area contributed by atoms with Gasteiger partial charge in [-0.1, -0.05) is 72.1 Å². The van der Waals surface area contributed by atoms with Crippen molar-refractivity contribution in [2.75, 3.05) is 5.32 Å². The molecule has 0 radical (unpaired) electrons. The van der Waals surface area contributed by atoms with Crippen molar-refractivity contribution in [3.05, 3.63) is 30.3 Å². The van der Waals surface area contributed by atoms with Crippen LogP contribution in [0.25, 0.3) is 0 Å². The molecule has 0 heterocycles. The lowest BCUT2D eigenvalue weighted by Crippen LogP contribution is -2.54. The summed E-state index contributed by atoms with van der Waals surface area (Å²) in [6.07, 6.45) is 17.7. The van der Waals surface area contributed by atoms with Gasteiger partial charge in [-0.05, 0) is 122 Å². The molecule has 0 bridgehead atoms. The monoisotopic (exact) mass is 463 g/mol. The highest BCUT2D eigenvalue weighted by atomic mass is 14.9. The van der Waals surface area contributed by atoms with Crippen LogP contribution in [0.5, 0.6) is 0 Å². The largest absolute Gasteiger partial charge is 0.382 e. The summed E-state index contributed by atoms with van der Waals surface area (Å²) in [7, 11) is 0. The summed E-state index contributed by atoms with van der Waals surface area (Å²) in [5, 5.41) is 3.89. The Morgan fingerprint density at radius 2 is 1.56 bits per heavy atom. The predicted molar refractivity (Wildman–Crippen MR) is 147 cm³/mol. The van der Waals surface area contributed by atoms with Crippen molar-refractivity contribution in [2.24, 2.45) is 52.3 Å². The average Bonchev–Trinajstić information content (AvgIpc) is 3.17. The smallest absolute Gasteiger partial charge is 0.0342 e. The molecule has 34 heavy (non-hydrogen) atoms. The second kappa shape index (κ2) is 9.82. The topological polar surface area (TPSA) is 12.0 Å². The van der Waals surface area contributed by atoms with Crippen LogP contribution in [0.1, 0.15) is 112 Å². The molecule has 0 saturated heterocycles. The first kappa shape index (κ1) is 24.7. The van der Waals surface area contributed by atoms with Crippen molar-refractivity contribution >= 4 is 5.69 Å². The first-order valence-electron chi connectivity index (χ1n) is 15.1. The predicted octanol–water partition coefficient (Wildman–Crippen LogP) is 9.59. The number of para-hydroxylation sites is 1. The van der Waals surface area contributed by atoms with Gasteiger partial charge in [-0.3, -0.25) is 0 Å². The van der Waals surface area contributed by atoms with Gasteiger partial charge in [0.1, 0.15) is 0 Å². The molecule has 4 saturated carbocycles. The highest BCUT2D eigenvalue weighted by molar-refractivity contribution is 5.43. The van der Waals surface area contributed by atoms with Crippen LogP contribution < -0.4 is 5.32 Å². The number of hydrogen-bond acceptors (Lipinski definition) is 1. The zero-order valence-electron chi connectivity index (χ0n) is 23.0. The third-order valence-corrected chi connectivity index (χ3v) is 12.0. The van der Waals surface area contributed by atoms with Gasteiger partial charge in [0.2, 0.25) is 0 Å². The molecule has 0 amide bonds. The lowest BCUT2D eigenvalue weighted by Gasteiger charge is -2.61. The fourth-order valence-corrected chi connectivity index (χ4v) is 10.2. The van der Waals surface area contributed by atoms with Crippen molar-refractivity contribution in [2.45, 2.75) is 118 Å². The van der Waals surface area contributed by atoms with Gasteiger partial charge in [-0.25, -0.2) is 0 Å². The van der Waals surface area contributed by atoms with Crippen molar-refractivity contribution in [1.29, 1.82) is 0 Å². The molecule has 1 aromatic rings. The zero-order valence-corrected chi connectivity index (χ0v) is 23.0. The molecule has 5 rings (SSSR count). The van der Waals surface area contributed by atoms with Crippen LogP contribution in [0.3, 0.4) is 0 Å². The van der Waals surface area contributed by atoms with Crippen LogP contribution in [0.15, 0.2) is 30.3 Å². The molecule has 4 fully saturated rings. The van der Waals surface area contributed by atoms with Gasteiger partial charge in [-0.2, -0.15) is 0 Å². The fourth-order valence-electron chi connectivity index (χ4n) is 10.2. The first-order chi connectivity index (χ1) is 16.3. The lowest BCUT2D eigenvalue weighted by molar-refractivity contribution is -0.115. The highest BCUT2D eigenvalue weighted by Gasteiger charge is 2.60. The quantitative estimate of drug-likeness (QED) is 0.424. The molecule has 0 aliphatic heterocycles. The Kier molecular flexibility index (Phi) is 7.13. The van der Waals surface area contributed by atoms with Crippen molar-refractivity contribution in [3.8, 4) is 0 Å². The van der Waals surface area contributed by atoms with E-state index in [-0.39, 0.29) is 0 Å². The maximum Gasteiger partial charge on any atom is 0.0342 e. The molecule has 4 aliphatic rings. The molecule has 9 atom stereocenters. The molecule has 190 valence electrons. The van der Waals surface area contributed by atoms with Gasteiger partial charge in [-0.15, -0.1) is 0 Å². The zero-order chi connectivity index (χ0) is 23.9. The third kappa shape index (κ3) is 4.48. The van der Waals surface area contributed by atoms with E-state index in [2.05, 4.69) is 70.3 Å². The first-order valence-corrected chi connectivity index (χ1v) is 15.1. The second-order valence-electron chi connectivity index (χ2n) is 14.2. The molecular formula is C33H53N. The summed E-state index contributed by atoms with van der Waals surface area (Å²) in [6, 6.07) is 11.6. The summed E-state index contributed by atoms with van der Waals surface area (Å²) in [4.78, 5) is 0. The van der Waals surface area contributed by atoms with E-state index in [4.69, 9.17) is 0 Å². The molecule has 1 nitrogen and oxygen atoms in total. The minimum Gasteiger partial charge on any atom is -0.382 e. The normalized spacial score (nSPS) is 42.5. The maximum atomic E-state index is 3.89. The van der Waals surface area contributed by atoms with Crippen LogP contribution >= 0.6 is 0 Å². The van der Waals surface area contributed by atoms with Gasteiger partial charge >= 0.3 is 0 Å². The number of benzene rings is 1. The number of anilines is 1. The van der Waals surface area contributed by atoms with E-state index in [1.165, 1.54) is 82.7 Å². The van der Waals surface area contributed by atoms with E-state index in [9.17, 15) is 0 Å². The van der Waals surface area contributed by atoms with E-state index < -0.39 is 0 Å². The number of hydrogen-bond donors (Lipinski definition) is 1. The molecule has 1 aromatic carbocycles. The molecule has 4 aliphatic carbocycles. The number of nitrogens with one attached hydrogen (secondary N) is 1. The summed E-state index contributed by atoms with van der Waals surface area (Å²) < 4.78 is 0. The summed E-state index contributed by atoms with van der Waals surface area (Å²) in [5.41, 5.74) is 2.55. The highest BCUT2D eigenvalue weighted by Crippen LogP contribution is 2.68. The summed E-state index contributed by atoms with van der Waals surface area (Å²) in [6.45, 7) is 12.9. The van der Waals surface area contributed by atoms with Crippen LogP contribution in [0.2, 0.25) is 0 Å². The Balaban J connectivity index is 1.24. The van der Waals surface area contributed by atoms with Crippen LogP contribution in [-0.4, -0.2) is 6.04 Å². The van der Waals surface area contributed by atoms with E-state index in [1.807, 2.05) is 0 Å². The minimum absolute atomic E-state index is 0.597. The Morgan fingerprint density at radius 3 is 2.32 bits per heavy atom. The molecular weight excluding hydrogens is 410 g/mol. The van der Waals surface area contributed by atoms with Crippen molar-refractivity contribution < 1.29 is 0 Å². The number of rotatable bonds is 7. The fraction of sp³-hybridized carbons (Fsp3) is 0.818. The van der Waals surface area contributed by atoms with Gasteiger partial charge < -0.3 is 5.32 Å². The molecule has 1 heteroatoms. The van der Waals surface area contributed by atoms with Crippen LogP contribution in [0.4, 0.5) is 5.69 Å². The van der Waals surface area contributed by atoms with Crippen molar-refractivity contribution in [1.82, 2.24) is 0 Å². The third-order valence-electron chi connectivity index (χ3n) is 12.0. The summed E-state index contributed by atoms with van der Waals surface area (Å²) >= 11 is 0. The Hall–Kier alpha value is -0.980. The molecule has 0 spiro atoms. The van der Waals surface area contributed by atoms with Crippen molar-refractivity contribution in [3.63, 3.8) is 0 Å². The van der Waals surface area contributed by atoms with Gasteiger partial charge in [0.05, 0.1) is 0 Å². The van der Waals surface area contributed by atoms with E-state index >= 15 is 0 Å². The molecule has 0 aromatic heterocycles. The standard InChI is InChI=1S/C33H53N/c1-23(2)10-9-11-24(3)29-16-17-30-28-15-14-25-22-27(34-26-12-7-6-8-13-26)18-20-32(25,4)31(28)19-21-33(29,30)5/h6-8,12-13,23-25,27-31,34H,9-11,14-22H2,1-5H3/t24-,25+,27?,28+,29-,30+,31+,32+,33-/m1/s1. The Morgan fingerprint density at radius 1 is 0.824 bits per heavy atom. The maximum absolute atomic E-state index is 3.89. The Labute approximate surface area is 211 Å². The minimum atomic E-state index is 0.597. The van der Waals surface area contributed by atoms with E-state index in [0.717, 1.165) is 41.4 Å². The van der Waals surface area contributed by atoms with Crippen LogP contribution in [-0.2, 0) is 0 Å².